The molecule has 1 amide bonds. The lowest BCUT2D eigenvalue weighted by Crippen LogP contribution is -2.51. The predicted molar refractivity (Wildman–Crippen MR) is 96.1 cm³/mol. The van der Waals surface area contributed by atoms with E-state index >= 15 is 0 Å². The molecule has 0 spiro atoms. The number of carbonyl (C=O) groups excluding carboxylic acids is 1. The highest BCUT2D eigenvalue weighted by Gasteiger charge is 2.36. The molecule has 2 fully saturated rings. The average molecular weight is 348 g/mol. The fourth-order valence-electron chi connectivity index (χ4n) is 3.50. The standard InChI is InChI=1S/C18H25FN4O2/c1-20-14-2-3-16(15(19)12-14)22-8-4-18(25,5-9-22)13-17(24)23-10-6-21-7-11-23/h2-3,12,21,25H,1,4-11,13H2. The summed E-state index contributed by atoms with van der Waals surface area (Å²) in [4.78, 5) is 19.8. The van der Waals surface area contributed by atoms with Gasteiger partial charge in [0.15, 0.2) is 0 Å². The number of benzene rings is 1. The van der Waals surface area contributed by atoms with E-state index < -0.39 is 5.60 Å². The van der Waals surface area contributed by atoms with Gasteiger partial charge in [-0.25, -0.2) is 4.39 Å². The van der Waals surface area contributed by atoms with Crippen molar-refractivity contribution in [1.29, 1.82) is 0 Å². The summed E-state index contributed by atoms with van der Waals surface area (Å²) in [5, 5.41) is 14.0. The van der Waals surface area contributed by atoms with Crippen LogP contribution in [0.1, 0.15) is 19.3 Å². The maximum Gasteiger partial charge on any atom is 0.225 e. The van der Waals surface area contributed by atoms with Crippen molar-refractivity contribution < 1.29 is 14.3 Å². The zero-order valence-corrected chi connectivity index (χ0v) is 14.4. The fraction of sp³-hybridized carbons (Fsp3) is 0.556. The molecule has 1 aromatic rings. The minimum absolute atomic E-state index is 0.00467. The number of anilines is 1. The van der Waals surface area contributed by atoms with Crippen LogP contribution in [-0.4, -0.2) is 67.5 Å². The molecule has 0 atom stereocenters. The van der Waals surface area contributed by atoms with Crippen molar-refractivity contribution in [3.63, 3.8) is 0 Å². The number of aliphatic imine (C=N–C) groups is 1. The van der Waals surface area contributed by atoms with Crippen LogP contribution >= 0.6 is 0 Å². The molecule has 2 aliphatic heterocycles. The second-order valence-corrected chi connectivity index (χ2v) is 6.81. The SMILES string of the molecule is C=Nc1ccc(N2CCC(O)(CC(=O)N3CCNCC3)CC2)c(F)c1. The Labute approximate surface area is 147 Å². The predicted octanol–water partition coefficient (Wildman–Crippen LogP) is 1.31. The molecule has 2 saturated heterocycles. The Balaban J connectivity index is 1.58. The highest BCUT2D eigenvalue weighted by atomic mass is 19.1. The highest BCUT2D eigenvalue weighted by molar-refractivity contribution is 5.77. The molecule has 7 heteroatoms. The monoisotopic (exact) mass is 348 g/mol. The number of hydrogen-bond acceptors (Lipinski definition) is 5. The van der Waals surface area contributed by atoms with Gasteiger partial charge in [0.1, 0.15) is 5.82 Å². The Bertz CT molecular complexity index is 638. The molecule has 2 N–H and O–H groups in total. The summed E-state index contributed by atoms with van der Waals surface area (Å²) in [7, 11) is 0. The van der Waals surface area contributed by atoms with E-state index in [-0.39, 0.29) is 18.1 Å². The number of piperidine rings is 1. The lowest BCUT2D eigenvalue weighted by molar-refractivity contribution is -0.137. The summed E-state index contributed by atoms with van der Waals surface area (Å²) in [6, 6.07) is 4.77. The van der Waals surface area contributed by atoms with E-state index in [4.69, 9.17) is 0 Å². The molecule has 0 unspecified atom stereocenters. The van der Waals surface area contributed by atoms with Crippen LogP contribution in [0.4, 0.5) is 15.8 Å². The van der Waals surface area contributed by atoms with Crippen molar-refractivity contribution in [2.24, 2.45) is 4.99 Å². The first kappa shape index (κ1) is 17.8. The third-order valence-electron chi connectivity index (χ3n) is 5.10. The average Bonchev–Trinajstić information content (AvgIpc) is 2.63. The number of nitrogens with zero attached hydrogens (tertiary/aromatic N) is 3. The van der Waals surface area contributed by atoms with Gasteiger partial charge in [-0.2, -0.15) is 0 Å². The van der Waals surface area contributed by atoms with Gasteiger partial charge in [-0.3, -0.25) is 9.79 Å². The lowest BCUT2D eigenvalue weighted by atomic mass is 9.87. The topological polar surface area (TPSA) is 68.2 Å². The van der Waals surface area contributed by atoms with Gasteiger partial charge < -0.3 is 20.2 Å². The van der Waals surface area contributed by atoms with Gasteiger partial charge in [0.2, 0.25) is 5.91 Å². The molecule has 0 radical (unpaired) electrons. The Hall–Kier alpha value is -1.99. The molecule has 3 rings (SSSR count). The number of halogens is 1. The van der Waals surface area contributed by atoms with Crippen molar-refractivity contribution in [2.45, 2.75) is 24.9 Å². The van der Waals surface area contributed by atoms with E-state index in [1.54, 1.807) is 12.1 Å². The van der Waals surface area contributed by atoms with Gasteiger partial charge in [0.25, 0.3) is 0 Å². The zero-order chi connectivity index (χ0) is 17.9. The van der Waals surface area contributed by atoms with Crippen LogP contribution in [0.15, 0.2) is 23.2 Å². The summed E-state index contributed by atoms with van der Waals surface area (Å²) in [6.45, 7) is 7.41. The van der Waals surface area contributed by atoms with Gasteiger partial charge in [-0.1, -0.05) is 0 Å². The van der Waals surface area contributed by atoms with Crippen LogP contribution in [0.3, 0.4) is 0 Å². The van der Waals surface area contributed by atoms with E-state index in [2.05, 4.69) is 17.0 Å². The van der Waals surface area contributed by atoms with Crippen LogP contribution in [0.5, 0.6) is 0 Å². The van der Waals surface area contributed by atoms with Crippen LogP contribution in [0.2, 0.25) is 0 Å². The van der Waals surface area contributed by atoms with Crippen LogP contribution in [-0.2, 0) is 4.79 Å². The van der Waals surface area contributed by atoms with Crippen LogP contribution in [0, 0.1) is 5.82 Å². The van der Waals surface area contributed by atoms with Crippen molar-refractivity contribution in [2.75, 3.05) is 44.2 Å². The summed E-state index contributed by atoms with van der Waals surface area (Å²) < 4.78 is 14.2. The van der Waals surface area contributed by atoms with Crippen molar-refractivity contribution in [3.05, 3.63) is 24.0 Å². The maximum atomic E-state index is 14.2. The Morgan fingerprint density at radius 2 is 1.96 bits per heavy atom. The van der Waals surface area contributed by atoms with Crippen molar-refractivity contribution >= 4 is 24.0 Å². The summed E-state index contributed by atoms with van der Waals surface area (Å²) in [5.41, 5.74) is -0.00311. The third kappa shape index (κ3) is 4.16. The number of nitrogens with one attached hydrogen (secondary N) is 1. The number of piperazine rings is 1. The van der Waals surface area contributed by atoms with E-state index in [0.29, 0.717) is 50.4 Å². The Morgan fingerprint density at radius 1 is 1.28 bits per heavy atom. The highest BCUT2D eigenvalue weighted by Crippen LogP contribution is 2.32. The number of rotatable bonds is 4. The minimum Gasteiger partial charge on any atom is -0.389 e. The second-order valence-electron chi connectivity index (χ2n) is 6.81. The van der Waals surface area contributed by atoms with Gasteiger partial charge in [-0.05, 0) is 31.7 Å². The van der Waals surface area contributed by atoms with Gasteiger partial charge in [0.05, 0.1) is 23.4 Å². The van der Waals surface area contributed by atoms with Crippen LogP contribution in [0.25, 0.3) is 0 Å². The van der Waals surface area contributed by atoms with Gasteiger partial charge >= 0.3 is 0 Å². The van der Waals surface area contributed by atoms with Crippen molar-refractivity contribution in [3.8, 4) is 0 Å². The Morgan fingerprint density at radius 3 is 2.56 bits per heavy atom. The molecule has 0 aliphatic carbocycles. The molecule has 25 heavy (non-hydrogen) atoms. The quantitative estimate of drug-likeness (QED) is 0.805. The molecule has 2 aliphatic rings. The minimum atomic E-state index is -1.00. The summed E-state index contributed by atoms with van der Waals surface area (Å²) in [5.74, 6) is -0.336. The van der Waals surface area contributed by atoms with Gasteiger partial charge in [0, 0.05) is 45.3 Å². The maximum absolute atomic E-state index is 14.2. The fourth-order valence-corrected chi connectivity index (χ4v) is 3.50. The molecule has 1 aromatic carbocycles. The van der Waals surface area contributed by atoms with E-state index in [1.807, 2.05) is 9.80 Å². The first-order chi connectivity index (χ1) is 12.0. The molecule has 2 heterocycles. The first-order valence-corrected chi connectivity index (χ1v) is 8.73. The number of hydrogen-bond donors (Lipinski definition) is 2. The van der Waals surface area contributed by atoms with E-state index in [0.717, 1.165) is 13.1 Å². The largest absolute Gasteiger partial charge is 0.389 e. The van der Waals surface area contributed by atoms with E-state index in [1.165, 1.54) is 6.07 Å². The smallest absolute Gasteiger partial charge is 0.225 e. The Kier molecular flexibility index (Phi) is 5.34. The molecule has 0 bridgehead atoms. The van der Waals surface area contributed by atoms with Gasteiger partial charge in [-0.15, -0.1) is 0 Å². The lowest BCUT2D eigenvalue weighted by Gasteiger charge is -2.40. The van der Waals surface area contributed by atoms with E-state index in [9.17, 15) is 14.3 Å². The third-order valence-corrected chi connectivity index (χ3v) is 5.10. The normalized spacial score (nSPS) is 20.4. The first-order valence-electron chi connectivity index (χ1n) is 8.73. The van der Waals surface area contributed by atoms with Crippen LogP contribution < -0.4 is 10.2 Å². The molecule has 6 nitrogen and oxygen atoms in total. The number of amides is 1. The zero-order valence-electron chi connectivity index (χ0n) is 14.4. The molecular weight excluding hydrogens is 323 g/mol. The molecule has 136 valence electrons. The summed E-state index contributed by atoms with van der Waals surface area (Å²) >= 11 is 0. The molecular formula is C18H25FN4O2. The number of carbonyl (C=O) groups is 1. The second kappa shape index (κ2) is 7.49. The van der Waals surface area contributed by atoms with Crippen molar-refractivity contribution in [1.82, 2.24) is 10.2 Å². The molecule has 0 aromatic heterocycles. The molecule has 0 saturated carbocycles. The number of aliphatic hydroxyl groups is 1. The summed E-state index contributed by atoms with van der Waals surface area (Å²) in [6.07, 6.45) is 1.04.